The number of carbonyl (C=O) groups excluding carboxylic acids is 1. The summed E-state index contributed by atoms with van der Waals surface area (Å²) >= 11 is 5.71. The van der Waals surface area contributed by atoms with E-state index in [1.165, 1.54) is 57.8 Å². The van der Waals surface area contributed by atoms with Crippen molar-refractivity contribution in [3.63, 3.8) is 0 Å². The highest BCUT2D eigenvalue weighted by molar-refractivity contribution is 6.21. The van der Waals surface area contributed by atoms with Crippen molar-refractivity contribution in [1.29, 1.82) is 0 Å². The van der Waals surface area contributed by atoms with Crippen molar-refractivity contribution in [2.24, 2.45) is 0 Å². The van der Waals surface area contributed by atoms with Gasteiger partial charge >= 0.3 is 5.97 Å². The fourth-order valence-electron chi connectivity index (χ4n) is 2.06. The summed E-state index contributed by atoms with van der Waals surface area (Å²) in [6.45, 7) is 4.61. The summed E-state index contributed by atoms with van der Waals surface area (Å²) in [5.41, 5.74) is 0. The average molecular weight is 291 g/mol. The molecule has 0 amide bonds. The molecule has 0 N–H and O–H groups in total. The Labute approximate surface area is 124 Å². The third kappa shape index (κ3) is 15.7. The molecule has 0 heterocycles. The van der Waals surface area contributed by atoms with E-state index in [0.29, 0.717) is 13.0 Å². The van der Waals surface area contributed by atoms with E-state index in [1.807, 2.05) is 6.92 Å². The maximum absolute atomic E-state index is 11.2. The number of unbranched alkanes of at least 4 members (excludes halogenated alkanes) is 9. The predicted molar refractivity (Wildman–Crippen MR) is 82.7 cm³/mol. The van der Waals surface area contributed by atoms with Crippen molar-refractivity contribution in [2.45, 2.75) is 89.9 Å². The predicted octanol–water partition coefficient (Wildman–Crippen LogP) is 5.47. The molecule has 0 fully saturated rings. The molecule has 0 rings (SSSR count). The second-order valence-electron chi connectivity index (χ2n) is 5.39. The maximum Gasteiger partial charge on any atom is 0.307 e. The first-order valence-corrected chi connectivity index (χ1v) is 8.40. The van der Waals surface area contributed by atoms with Crippen LogP contribution in [0.5, 0.6) is 0 Å². The molecule has 114 valence electrons. The van der Waals surface area contributed by atoms with Gasteiger partial charge in [-0.25, -0.2) is 0 Å². The summed E-state index contributed by atoms with van der Waals surface area (Å²) < 4.78 is 5.10. The third-order valence-corrected chi connectivity index (χ3v) is 3.36. The molecule has 0 radical (unpaired) electrons. The smallest absolute Gasteiger partial charge is 0.307 e. The second kappa shape index (κ2) is 14.2. The van der Waals surface area contributed by atoms with Gasteiger partial charge in [0.05, 0.1) is 13.0 Å². The average Bonchev–Trinajstić information content (AvgIpc) is 2.35. The lowest BCUT2D eigenvalue weighted by molar-refractivity contribution is -0.143. The van der Waals surface area contributed by atoms with Crippen LogP contribution in [0.2, 0.25) is 0 Å². The monoisotopic (exact) mass is 290 g/mol. The Kier molecular flexibility index (Phi) is 14.0. The fraction of sp³-hybridized carbons (Fsp3) is 0.938. The lowest BCUT2D eigenvalue weighted by Gasteiger charge is -2.05. The normalized spacial score (nSPS) is 12.4. The number of alkyl halides is 1. The van der Waals surface area contributed by atoms with E-state index in [1.54, 1.807) is 0 Å². The van der Waals surface area contributed by atoms with Crippen molar-refractivity contribution in [3.05, 3.63) is 0 Å². The van der Waals surface area contributed by atoms with Gasteiger partial charge in [0.2, 0.25) is 0 Å². The Hall–Kier alpha value is -0.240. The molecule has 1 unspecified atom stereocenters. The zero-order valence-corrected chi connectivity index (χ0v) is 13.5. The van der Waals surface area contributed by atoms with Gasteiger partial charge in [-0.15, -0.1) is 11.6 Å². The van der Waals surface area contributed by atoms with Gasteiger partial charge in [-0.2, -0.15) is 0 Å². The van der Waals surface area contributed by atoms with Gasteiger partial charge < -0.3 is 4.74 Å². The summed E-state index contributed by atoms with van der Waals surface area (Å²) in [6, 6.07) is 0. The van der Waals surface area contributed by atoms with E-state index in [0.717, 1.165) is 6.42 Å². The Morgan fingerprint density at radius 2 is 1.42 bits per heavy atom. The third-order valence-electron chi connectivity index (χ3n) is 3.21. The SMILES string of the molecule is CCCCCCCCCCCCOC(=O)CC(C)Cl. The molecule has 0 spiro atoms. The molecule has 0 saturated heterocycles. The van der Waals surface area contributed by atoms with Crippen LogP contribution < -0.4 is 0 Å². The first-order valence-electron chi connectivity index (χ1n) is 7.96. The molecule has 2 nitrogen and oxygen atoms in total. The van der Waals surface area contributed by atoms with E-state index >= 15 is 0 Å². The van der Waals surface area contributed by atoms with Crippen LogP contribution in [-0.2, 0) is 9.53 Å². The summed E-state index contributed by atoms with van der Waals surface area (Å²) in [4.78, 5) is 11.2. The van der Waals surface area contributed by atoms with Crippen molar-refractivity contribution < 1.29 is 9.53 Å². The van der Waals surface area contributed by atoms with Crippen molar-refractivity contribution in [2.75, 3.05) is 6.61 Å². The van der Waals surface area contributed by atoms with Gasteiger partial charge in [0.25, 0.3) is 0 Å². The van der Waals surface area contributed by atoms with Crippen LogP contribution in [0.15, 0.2) is 0 Å². The summed E-state index contributed by atoms with van der Waals surface area (Å²) in [7, 11) is 0. The Balaban J connectivity index is 3.08. The quantitative estimate of drug-likeness (QED) is 0.255. The van der Waals surface area contributed by atoms with E-state index in [9.17, 15) is 4.79 Å². The number of ether oxygens (including phenoxy) is 1. The van der Waals surface area contributed by atoms with E-state index in [-0.39, 0.29) is 11.3 Å². The summed E-state index contributed by atoms with van der Waals surface area (Å²) in [5, 5.41) is -0.125. The van der Waals surface area contributed by atoms with Crippen molar-refractivity contribution in [1.82, 2.24) is 0 Å². The lowest BCUT2D eigenvalue weighted by Crippen LogP contribution is -2.10. The number of carbonyl (C=O) groups is 1. The van der Waals surface area contributed by atoms with Crippen molar-refractivity contribution >= 4 is 17.6 Å². The highest BCUT2D eigenvalue weighted by Gasteiger charge is 2.06. The van der Waals surface area contributed by atoms with Crippen LogP contribution in [0.4, 0.5) is 0 Å². The van der Waals surface area contributed by atoms with Crippen LogP contribution >= 0.6 is 11.6 Å². The number of hydrogen-bond acceptors (Lipinski definition) is 2. The largest absolute Gasteiger partial charge is 0.466 e. The first kappa shape index (κ1) is 18.8. The minimum atomic E-state index is -0.168. The van der Waals surface area contributed by atoms with Crippen molar-refractivity contribution in [3.8, 4) is 0 Å². The number of hydrogen-bond donors (Lipinski definition) is 0. The molecule has 3 heteroatoms. The van der Waals surface area contributed by atoms with Crippen LogP contribution in [0, 0.1) is 0 Å². The molecule has 0 bridgehead atoms. The van der Waals surface area contributed by atoms with Crippen LogP contribution in [0.25, 0.3) is 0 Å². The summed E-state index contributed by atoms with van der Waals surface area (Å²) in [6.07, 6.45) is 13.3. The highest BCUT2D eigenvalue weighted by Crippen LogP contribution is 2.10. The van der Waals surface area contributed by atoms with Gasteiger partial charge in [-0.1, -0.05) is 64.7 Å². The standard InChI is InChI=1S/C16H31ClO2/c1-3-4-5-6-7-8-9-10-11-12-13-19-16(18)14-15(2)17/h15H,3-14H2,1-2H3. The lowest BCUT2D eigenvalue weighted by atomic mass is 10.1. The fourth-order valence-corrected chi connectivity index (χ4v) is 2.19. The van der Waals surface area contributed by atoms with E-state index in [4.69, 9.17) is 16.3 Å². The zero-order chi connectivity index (χ0) is 14.3. The Morgan fingerprint density at radius 3 is 1.89 bits per heavy atom. The van der Waals surface area contributed by atoms with Gasteiger partial charge in [-0.3, -0.25) is 4.79 Å². The highest BCUT2D eigenvalue weighted by atomic mass is 35.5. The molecular weight excluding hydrogens is 260 g/mol. The molecule has 0 aromatic carbocycles. The molecule has 0 aliphatic rings. The Morgan fingerprint density at radius 1 is 0.947 bits per heavy atom. The van der Waals surface area contributed by atoms with E-state index in [2.05, 4.69) is 6.92 Å². The molecule has 0 saturated carbocycles. The van der Waals surface area contributed by atoms with Gasteiger partial charge in [0.1, 0.15) is 0 Å². The number of halogens is 1. The second-order valence-corrected chi connectivity index (χ2v) is 6.13. The van der Waals surface area contributed by atoms with Crippen LogP contribution in [0.3, 0.4) is 0 Å². The molecule has 0 aliphatic heterocycles. The molecule has 0 aliphatic carbocycles. The van der Waals surface area contributed by atoms with Crippen LogP contribution in [-0.4, -0.2) is 18.0 Å². The minimum absolute atomic E-state index is 0.125. The number of esters is 1. The minimum Gasteiger partial charge on any atom is -0.466 e. The van der Waals surface area contributed by atoms with Crippen LogP contribution in [0.1, 0.15) is 84.5 Å². The Bertz CT molecular complexity index is 205. The molecular formula is C16H31ClO2. The molecule has 1 atom stereocenters. The number of rotatable bonds is 13. The maximum atomic E-state index is 11.2. The topological polar surface area (TPSA) is 26.3 Å². The van der Waals surface area contributed by atoms with Gasteiger partial charge in [0.15, 0.2) is 0 Å². The molecule has 0 aromatic heterocycles. The zero-order valence-electron chi connectivity index (χ0n) is 12.8. The first-order chi connectivity index (χ1) is 9.16. The van der Waals surface area contributed by atoms with E-state index < -0.39 is 0 Å². The van der Waals surface area contributed by atoms with Gasteiger partial charge in [-0.05, 0) is 13.3 Å². The molecule has 0 aromatic rings. The molecule has 19 heavy (non-hydrogen) atoms. The summed E-state index contributed by atoms with van der Waals surface area (Å²) in [5.74, 6) is -0.168. The van der Waals surface area contributed by atoms with Gasteiger partial charge in [0, 0.05) is 5.38 Å².